The second-order valence-electron chi connectivity index (χ2n) is 7.32. The number of carbonyl (C=O) groups excluding carboxylic acids is 2. The number of nitrogens with one attached hydrogen (secondary N) is 3. The number of anilines is 1. The van der Waals surface area contributed by atoms with Crippen LogP contribution in [0.4, 0.5) is 5.69 Å². The maximum absolute atomic E-state index is 12.6. The van der Waals surface area contributed by atoms with Gasteiger partial charge in [-0.15, -0.1) is 0 Å². The normalized spacial score (nSPS) is 10.8. The maximum atomic E-state index is 12.6. The van der Waals surface area contributed by atoms with Gasteiger partial charge >= 0.3 is 0 Å². The lowest BCUT2D eigenvalue weighted by Crippen LogP contribution is -2.34. The number of ether oxygens (including phenoxy) is 1. The van der Waals surface area contributed by atoms with Crippen LogP contribution in [0.5, 0.6) is 5.75 Å². The average molecular weight is 576 g/mol. The highest BCUT2D eigenvalue weighted by molar-refractivity contribution is 9.10. The third-order valence-electron chi connectivity index (χ3n) is 4.61. The predicted molar refractivity (Wildman–Crippen MR) is 141 cm³/mol. The number of rotatable bonds is 8. The number of hydrogen-bond acceptors (Lipinski definition) is 6. The average Bonchev–Trinajstić information content (AvgIpc) is 2.80. The Kier molecular flexibility index (Phi) is 8.96. The molecule has 0 saturated carbocycles. The Hall–Kier alpha value is -3.28. The lowest BCUT2D eigenvalue weighted by Gasteiger charge is -2.12. The molecule has 3 aromatic rings. The first-order valence-electron chi connectivity index (χ1n) is 10.4. The van der Waals surface area contributed by atoms with Crippen LogP contribution >= 0.6 is 28.1 Å². The van der Waals surface area contributed by atoms with Crippen LogP contribution in [-0.4, -0.2) is 32.0 Å². The summed E-state index contributed by atoms with van der Waals surface area (Å²) in [5.74, 6) is -0.495. The third kappa shape index (κ3) is 7.88. The van der Waals surface area contributed by atoms with Crippen molar-refractivity contribution in [3.05, 3.63) is 88.4 Å². The fourth-order valence-electron chi connectivity index (χ4n) is 2.99. The fraction of sp³-hybridized carbons (Fsp3) is 0.125. The van der Waals surface area contributed by atoms with Gasteiger partial charge in [0.25, 0.3) is 15.9 Å². The van der Waals surface area contributed by atoms with E-state index >= 15 is 0 Å². The molecule has 0 saturated heterocycles. The zero-order valence-electron chi connectivity index (χ0n) is 18.6. The smallest absolute Gasteiger partial charge is 0.264 e. The van der Waals surface area contributed by atoms with E-state index in [2.05, 4.69) is 26.6 Å². The van der Waals surface area contributed by atoms with Gasteiger partial charge in [0.2, 0.25) is 5.91 Å². The van der Waals surface area contributed by atoms with Crippen LogP contribution < -0.4 is 20.1 Å². The number of amides is 2. The van der Waals surface area contributed by atoms with Crippen LogP contribution in [0.3, 0.4) is 0 Å². The molecule has 0 aliphatic heterocycles. The fourth-order valence-corrected chi connectivity index (χ4v) is 4.68. The topological polar surface area (TPSA) is 114 Å². The minimum absolute atomic E-state index is 0.0341. The molecule has 0 aliphatic rings. The molecule has 2 amide bonds. The quantitative estimate of drug-likeness (QED) is 0.347. The Morgan fingerprint density at radius 3 is 2.31 bits per heavy atom. The largest absolute Gasteiger partial charge is 0.492 e. The summed E-state index contributed by atoms with van der Waals surface area (Å²) in [5, 5.41) is 5.42. The van der Waals surface area contributed by atoms with Crippen LogP contribution in [0.15, 0.2) is 82.2 Å². The number of sulfonamides is 1. The second kappa shape index (κ2) is 11.9. The molecule has 0 radical (unpaired) electrons. The molecule has 0 aromatic heterocycles. The molecule has 0 bridgehead atoms. The van der Waals surface area contributed by atoms with E-state index in [1.165, 1.54) is 29.8 Å². The number of halogens is 1. The highest BCUT2D eigenvalue weighted by Crippen LogP contribution is 2.26. The Morgan fingerprint density at radius 1 is 1.00 bits per heavy atom. The van der Waals surface area contributed by atoms with Crippen molar-refractivity contribution in [1.82, 2.24) is 10.0 Å². The molecule has 3 N–H and O–H groups in total. The number of thiocarbonyl (C=S) groups is 1. The first-order chi connectivity index (χ1) is 16.6. The highest BCUT2D eigenvalue weighted by Gasteiger charge is 2.15. The van der Waals surface area contributed by atoms with Crippen molar-refractivity contribution in [2.75, 3.05) is 11.9 Å². The molecule has 3 aromatic carbocycles. The molecule has 0 fully saturated rings. The summed E-state index contributed by atoms with van der Waals surface area (Å²) in [5.41, 5.74) is 2.00. The Balaban J connectivity index is 1.54. The molecular formula is C24H22BrN3O5S2. The number of benzene rings is 3. The van der Waals surface area contributed by atoms with Crippen molar-refractivity contribution in [2.24, 2.45) is 0 Å². The van der Waals surface area contributed by atoms with Gasteiger partial charge in [-0.3, -0.25) is 14.9 Å². The van der Waals surface area contributed by atoms with Crippen molar-refractivity contribution in [2.45, 2.75) is 18.2 Å². The van der Waals surface area contributed by atoms with Crippen LogP contribution in [-0.2, 0) is 21.2 Å². The molecule has 3 rings (SSSR count). The van der Waals surface area contributed by atoms with Gasteiger partial charge in [0, 0.05) is 24.6 Å². The zero-order chi connectivity index (χ0) is 25.4. The van der Waals surface area contributed by atoms with Crippen molar-refractivity contribution in [3.8, 4) is 5.75 Å². The first kappa shape index (κ1) is 26.3. The summed E-state index contributed by atoms with van der Waals surface area (Å²) in [6.07, 6.45) is 0.760. The molecule has 8 nitrogen and oxygen atoms in total. The van der Waals surface area contributed by atoms with Gasteiger partial charge in [0.05, 0.1) is 16.0 Å². The van der Waals surface area contributed by atoms with Crippen LogP contribution in [0.2, 0.25) is 0 Å². The molecule has 0 aliphatic carbocycles. The van der Waals surface area contributed by atoms with Crippen LogP contribution in [0, 0.1) is 0 Å². The van der Waals surface area contributed by atoms with Crippen LogP contribution in [0.1, 0.15) is 22.8 Å². The third-order valence-corrected chi connectivity index (χ3v) is 6.89. The Labute approximate surface area is 217 Å². The molecule has 182 valence electrons. The molecular weight excluding hydrogens is 554 g/mol. The predicted octanol–water partition coefficient (Wildman–Crippen LogP) is 4.02. The lowest BCUT2D eigenvalue weighted by atomic mass is 10.2. The summed E-state index contributed by atoms with van der Waals surface area (Å²) in [7, 11) is -3.93. The van der Waals surface area contributed by atoms with E-state index in [1.54, 1.807) is 18.2 Å². The number of carbonyl (C=O) groups is 2. The second-order valence-corrected chi connectivity index (χ2v) is 10.3. The first-order valence-corrected chi connectivity index (χ1v) is 13.0. The van der Waals surface area contributed by atoms with Crippen molar-refractivity contribution >= 4 is 60.8 Å². The van der Waals surface area contributed by atoms with Gasteiger partial charge < -0.3 is 10.1 Å². The minimum atomic E-state index is -3.93. The van der Waals surface area contributed by atoms with E-state index in [0.717, 1.165) is 13.3 Å². The van der Waals surface area contributed by atoms with Gasteiger partial charge in [-0.1, -0.05) is 30.3 Å². The van der Waals surface area contributed by atoms with Crippen LogP contribution in [0.25, 0.3) is 0 Å². The van der Waals surface area contributed by atoms with Gasteiger partial charge in [0.15, 0.2) is 5.11 Å². The monoisotopic (exact) mass is 575 g/mol. The summed E-state index contributed by atoms with van der Waals surface area (Å²) in [6.45, 7) is 1.60. The van der Waals surface area contributed by atoms with Crippen molar-refractivity contribution < 1.29 is 22.7 Å². The van der Waals surface area contributed by atoms with Gasteiger partial charge in [-0.2, -0.15) is 0 Å². The summed E-state index contributed by atoms with van der Waals surface area (Å²) < 4.78 is 32.3. The zero-order valence-corrected chi connectivity index (χ0v) is 21.8. The van der Waals surface area contributed by atoms with E-state index in [1.807, 2.05) is 35.1 Å². The highest BCUT2D eigenvalue weighted by atomic mass is 79.9. The number of hydrogen-bond donors (Lipinski definition) is 3. The lowest BCUT2D eigenvalue weighted by molar-refractivity contribution is -0.117. The van der Waals surface area contributed by atoms with E-state index in [9.17, 15) is 18.0 Å². The SMILES string of the molecule is CC(=O)NS(=O)(=O)c1ccc(NC(=S)NC(=O)c2ccc(OCCc3ccccc3)c(Br)c2)cc1. The van der Waals surface area contributed by atoms with Gasteiger partial charge in [0.1, 0.15) is 5.75 Å². The molecule has 0 atom stereocenters. The Bertz CT molecular complexity index is 1330. The summed E-state index contributed by atoms with van der Waals surface area (Å²) >= 11 is 8.61. The minimum Gasteiger partial charge on any atom is -0.492 e. The van der Waals surface area contributed by atoms with E-state index in [4.69, 9.17) is 17.0 Å². The summed E-state index contributed by atoms with van der Waals surface area (Å²) in [4.78, 5) is 23.5. The Morgan fingerprint density at radius 2 is 1.69 bits per heavy atom. The van der Waals surface area contributed by atoms with Crippen molar-refractivity contribution in [3.63, 3.8) is 0 Å². The van der Waals surface area contributed by atoms with E-state index in [0.29, 0.717) is 28.1 Å². The maximum Gasteiger partial charge on any atom is 0.264 e. The molecule has 0 unspecified atom stereocenters. The van der Waals surface area contributed by atoms with Crippen molar-refractivity contribution in [1.29, 1.82) is 0 Å². The van der Waals surface area contributed by atoms with Gasteiger partial charge in [-0.05, 0) is 76.2 Å². The van der Waals surface area contributed by atoms with E-state index in [-0.39, 0.29) is 10.0 Å². The molecule has 0 heterocycles. The molecule has 0 spiro atoms. The van der Waals surface area contributed by atoms with Gasteiger partial charge in [-0.25, -0.2) is 13.1 Å². The molecule has 11 heteroatoms. The summed E-state index contributed by atoms with van der Waals surface area (Å²) in [6, 6.07) is 20.5. The van der Waals surface area contributed by atoms with E-state index < -0.39 is 21.8 Å². The standard InChI is InChI=1S/C24H22BrN3O5S2/c1-16(29)28-35(31,32)20-10-8-19(9-11-20)26-24(34)27-23(30)18-7-12-22(21(25)15-18)33-14-13-17-5-3-2-4-6-17/h2-12,15H,13-14H2,1H3,(H,28,29)(H2,26,27,30,34). The molecule has 35 heavy (non-hydrogen) atoms.